The standard InChI is InChI=1S/C36H32ClFN6O4/c1-42-29-16-41-34-27(15-40-33(32(34)38)26-14-25(48-20-46-2)13-22-5-4-6-28(37)31(22)26)35(29)44-18-23(11-12-39)43(19-30(44)36(42)45)17-21-7-9-24(47-3)10-8-21/h4-10,13-16,23,30H,11,17-20H2,1-3H3. The van der Waals surface area contributed by atoms with Gasteiger partial charge < -0.3 is 24.0 Å². The predicted octanol–water partition coefficient (Wildman–Crippen LogP) is 6.18. The van der Waals surface area contributed by atoms with Crippen molar-refractivity contribution in [3.8, 4) is 28.8 Å². The van der Waals surface area contributed by atoms with Crippen molar-refractivity contribution in [2.24, 2.45) is 0 Å². The van der Waals surface area contributed by atoms with Crippen molar-refractivity contribution in [2.45, 2.75) is 25.0 Å². The Morgan fingerprint density at radius 1 is 1.06 bits per heavy atom. The zero-order valence-electron chi connectivity index (χ0n) is 26.6. The van der Waals surface area contributed by atoms with Crippen LogP contribution >= 0.6 is 11.6 Å². The van der Waals surface area contributed by atoms with E-state index in [-0.39, 0.29) is 36.4 Å². The molecule has 0 radical (unpaired) electrons. The minimum atomic E-state index is -0.622. The van der Waals surface area contributed by atoms with Crippen molar-refractivity contribution in [3.05, 3.63) is 83.4 Å². The maximum atomic E-state index is 16.7. The van der Waals surface area contributed by atoms with Crippen LogP contribution in [0.2, 0.25) is 5.02 Å². The number of hydrogen-bond acceptors (Lipinski definition) is 9. The van der Waals surface area contributed by atoms with Crippen LogP contribution in [-0.4, -0.2) is 74.0 Å². The molecule has 2 aromatic heterocycles. The number of likely N-dealkylation sites (N-methyl/N-ethyl adjacent to an activating group) is 1. The summed E-state index contributed by atoms with van der Waals surface area (Å²) in [7, 11) is 4.85. The van der Waals surface area contributed by atoms with Crippen molar-refractivity contribution in [3.63, 3.8) is 0 Å². The summed E-state index contributed by atoms with van der Waals surface area (Å²) >= 11 is 6.65. The number of nitrogens with zero attached hydrogens (tertiary/aromatic N) is 6. The molecule has 2 unspecified atom stereocenters. The highest BCUT2D eigenvalue weighted by Gasteiger charge is 2.44. The van der Waals surface area contributed by atoms with Gasteiger partial charge in [-0.05, 0) is 41.3 Å². The van der Waals surface area contributed by atoms with Gasteiger partial charge in [0.05, 0.1) is 37.2 Å². The number of halogens is 2. The topological polar surface area (TPSA) is 104 Å². The molecule has 244 valence electrons. The highest BCUT2D eigenvalue weighted by Crippen LogP contribution is 2.45. The smallest absolute Gasteiger partial charge is 0.250 e. The largest absolute Gasteiger partial charge is 0.497 e. The lowest BCUT2D eigenvalue weighted by Crippen LogP contribution is -2.65. The van der Waals surface area contributed by atoms with Crippen molar-refractivity contribution in [1.82, 2.24) is 14.9 Å². The molecule has 3 aromatic carbocycles. The zero-order chi connectivity index (χ0) is 33.5. The quantitative estimate of drug-likeness (QED) is 0.180. The van der Waals surface area contributed by atoms with E-state index in [1.165, 1.54) is 13.3 Å². The number of anilines is 2. The minimum absolute atomic E-state index is 0.0143. The van der Waals surface area contributed by atoms with Gasteiger partial charge in [-0.3, -0.25) is 19.7 Å². The van der Waals surface area contributed by atoms with E-state index < -0.39 is 11.9 Å². The molecule has 12 heteroatoms. The summed E-state index contributed by atoms with van der Waals surface area (Å²) in [5, 5.41) is 12.1. The second-order valence-electron chi connectivity index (χ2n) is 11.9. The third-order valence-electron chi connectivity index (χ3n) is 9.15. The van der Waals surface area contributed by atoms with E-state index in [9.17, 15) is 10.1 Å². The van der Waals surface area contributed by atoms with Gasteiger partial charge in [-0.15, -0.1) is 0 Å². The van der Waals surface area contributed by atoms with E-state index in [2.05, 4.69) is 20.9 Å². The highest BCUT2D eigenvalue weighted by atomic mass is 35.5. The molecular formula is C36H32ClFN6O4. The molecule has 0 saturated carbocycles. The van der Waals surface area contributed by atoms with Crippen LogP contribution in [0.25, 0.3) is 32.9 Å². The van der Waals surface area contributed by atoms with Gasteiger partial charge in [0.2, 0.25) is 0 Å². The number of ether oxygens (including phenoxy) is 3. The lowest BCUT2D eigenvalue weighted by Gasteiger charge is -2.50. The summed E-state index contributed by atoms with van der Waals surface area (Å²) in [5.74, 6) is 0.507. The number of carbonyl (C=O) groups is 1. The molecule has 0 aliphatic carbocycles. The Morgan fingerprint density at radius 2 is 1.88 bits per heavy atom. The molecule has 0 N–H and O–H groups in total. The first-order valence-electron chi connectivity index (χ1n) is 15.4. The molecule has 10 nitrogen and oxygen atoms in total. The summed E-state index contributed by atoms with van der Waals surface area (Å²) < 4.78 is 32.8. The van der Waals surface area contributed by atoms with Gasteiger partial charge in [-0.1, -0.05) is 35.9 Å². The molecule has 1 saturated heterocycles. The fourth-order valence-electron chi connectivity index (χ4n) is 6.79. The normalized spacial score (nSPS) is 17.7. The fraction of sp³-hybridized carbons (Fsp3) is 0.278. The van der Waals surface area contributed by atoms with Gasteiger partial charge in [0.25, 0.3) is 5.91 Å². The molecule has 0 bridgehead atoms. The number of rotatable bonds is 8. The predicted molar refractivity (Wildman–Crippen MR) is 182 cm³/mol. The summed E-state index contributed by atoms with van der Waals surface area (Å²) in [6.45, 7) is 1.35. The Labute approximate surface area is 281 Å². The van der Waals surface area contributed by atoms with E-state index in [0.717, 1.165) is 16.7 Å². The van der Waals surface area contributed by atoms with Crippen LogP contribution in [-0.2, 0) is 16.1 Å². The summed E-state index contributed by atoms with van der Waals surface area (Å²) in [5.41, 5.74) is 2.90. The molecule has 1 amide bonds. The molecule has 1 fully saturated rings. The molecule has 2 aliphatic heterocycles. The van der Waals surface area contributed by atoms with Gasteiger partial charge in [-0.2, -0.15) is 5.26 Å². The van der Waals surface area contributed by atoms with Crippen molar-refractivity contribution in [1.29, 1.82) is 5.26 Å². The van der Waals surface area contributed by atoms with Crippen molar-refractivity contribution >= 4 is 50.6 Å². The van der Waals surface area contributed by atoms with Gasteiger partial charge in [0.15, 0.2) is 12.6 Å². The van der Waals surface area contributed by atoms with Crippen LogP contribution in [0.4, 0.5) is 15.8 Å². The summed E-state index contributed by atoms with van der Waals surface area (Å²) in [6.07, 6.45) is 3.40. The number of aromatic nitrogens is 2. The summed E-state index contributed by atoms with van der Waals surface area (Å²) in [4.78, 5) is 28.7. The Hall–Kier alpha value is -5.02. The second-order valence-corrected chi connectivity index (χ2v) is 12.3. The van der Waals surface area contributed by atoms with E-state index in [1.807, 2.05) is 47.4 Å². The average molecular weight is 667 g/mol. The number of benzene rings is 3. The molecule has 0 spiro atoms. The maximum absolute atomic E-state index is 16.7. The zero-order valence-corrected chi connectivity index (χ0v) is 27.4. The third-order valence-corrected chi connectivity index (χ3v) is 9.46. The average Bonchev–Trinajstić information content (AvgIpc) is 3.10. The number of nitriles is 1. The second kappa shape index (κ2) is 12.9. The number of amides is 1. The molecule has 2 aliphatic rings. The Morgan fingerprint density at radius 3 is 2.62 bits per heavy atom. The van der Waals surface area contributed by atoms with Gasteiger partial charge >= 0.3 is 0 Å². The van der Waals surface area contributed by atoms with Gasteiger partial charge in [0.1, 0.15) is 28.8 Å². The molecule has 4 heterocycles. The van der Waals surface area contributed by atoms with Crippen molar-refractivity contribution in [2.75, 3.05) is 50.9 Å². The van der Waals surface area contributed by atoms with Crippen LogP contribution in [0.1, 0.15) is 12.0 Å². The Bertz CT molecular complexity index is 2090. The molecule has 48 heavy (non-hydrogen) atoms. The SMILES string of the molecule is COCOc1cc(-c2ncc3c4c(cnc3c2F)N(C)C(=O)C2CN(Cc3ccc(OC)cc3)C(CC#N)CN42)c2c(Cl)cccc2c1. The first-order chi connectivity index (χ1) is 23.3. The molecule has 5 aromatic rings. The number of piperazine rings is 1. The van der Waals surface area contributed by atoms with Gasteiger partial charge in [0, 0.05) is 67.4 Å². The molecular weight excluding hydrogens is 635 g/mol. The number of carbonyl (C=O) groups excluding carboxylic acids is 1. The van der Waals surface area contributed by atoms with E-state index in [1.54, 1.807) is 37.4 Å². The number of hydrogen-bond donors (Lipinski definition) is 0. The molecule has 7 rings (SSSR count). The van der Waals surface area contributed by atoms with Gasteiger partial charge in [-0.25, -0.2) is 4.39 Å². The van der Waals surface area contributed by atoms with E-state index >= 15 is 4.39 Å². The number of fused-ring (bicyclic) bond motifs is 6. The lowest BCUT2D eigenvalue weighted by molar-refractivity contribution is -0.121. The fourth-order valence-corrected chi connectivity index (χ4v) is 7.07. The first kappa shape index (κ1) is 31.6. The highest BCUT2D eigenvalue weighted by molar-refractivity contribution is 6.36. The number of pyridine rings is 2. The first-order valence-corrected chi connectivity index (χ1v) is 15.8. The van der Waals surface area contributed by atoms with Crippen LogP contribution in [0.5, 0.6) is 11.5 Å². The third kappa shape index (κ3) is 5.42. The Balaban J connectivity index is 1.32. The van der Waals surface area contributed by atoms with E-state index in [4.69, 9.17) is 25.8 Å². The Kier molecular flexibility index (Phi) is 8.47. The minimum Gasteiger partial charge on any atom is -0.497 e. The molecule has 2 atom stereocenters. The van der Waals surface area contributed by atoms with Crippen molar-refractivity contribution < 1.29 is 23.4 Å². The van der Waals surface area contributed by atoms with Crippen LogP contribution < -0.4 is 19.3 Å². The monoisotopic (exact) mass is 666 g/mol. The van der Waals surface area contributed by atoms with Crippen LogP contribution in [0.15, 0.2) is 67.0 Å². The summed E-state index contributed by atoms with van der Waals surface area (Å²) in [6, 6.07) is 18.3. The maximum Gasteiger partial charge on any atom is 0.250 e. The van der Waals surface area contributed by atoms with Crippen LogP contribution in [0, 0.1) is 17.1 Å². The lowest BCUT2D eigenvalue weighted by atomic mass is 9.96. The number of methoxy groups -OCH3 is 2. The van der Waals surface area contributed by atoms with Crippen LogP contribution in [0.3, 0.4) is 0 Å². The van der Waals surface area contributed by atoms with E-state index in [0.29, 0.717) is 58.1 Å².